The number of carbonyl (C=O) groups is 4. The summed E-state index contributed by atoms with van der Waals surface area (Å²) in [6.07, 6.45) is 0.163. The first kappa shape index (κ1) is 23.1. The van der Waals surface area contributed by atoms with Gasteiger partial charge in [-0.3, -0.25) is 19.3 Å². The molecule has 4 aliphatic rings. The first-order chi connectivity index (χ1) is 16.8. The van der Waals surface area contributed by atoms with Gasteiger partial charge in [-0.15, -0.1) is 0 Å². The fourth-order valence-electron chi connectivity index (χ4n) is 5.76. The van der Waals surface area contributed by atoms with Crippen LogP contribution in [-0.4, -0.2) is 64.1 Å². The first-order valence-corrected chi connectivity index (χ1v) is 12.1. The number of imide groups is 1. The van der Waals surface area contributed by atoms with Gasteiger partial charge in [0.1, 0.15) is 6.04 Å². The lowest BCUT2D eigenvalue weighted by Gasteiger charge is -2.55. The Morgan fingerprint density at radius 1 is 1.03 bits per heavy atom. The van der Waals surface area contributed by atoms with Crippen LogP contribution in [0.3, 0.4) is 0 Å². The molecule has 5 amide bonds. The molecule has 8 nitrogen and oxygen atoms in total. The lowest BCUT2D eigenvalue weighted by Crippen LogP contribution is -2.77. The van der Waals surface area contributed by atoms with Gasteiger partial charge in [0.25, 0.3) is 5.91 Å². The van der Waals surface area contributed by atoms with Gasteiger partial charge in [0.15, 0.2) is 5.54 Å². The molecular weight excluding hydrogens is 444 g/mol. The summed E-state index contributed by atoms with van der Waals surface area (Å²) in [5, 5.41) is 2.93. The molecule has 4 saturated heterocycles. The number of benzene rings is 2. The maximum absolute atomic E-state index is 14.2. The SMILES string of the molecule is CC(C)[C@H]1CN(C)C(=O)N1C(=O)[C@H]1C[C@@H]2C(=O)N[C@@]1(c1ccccc1)C(=O)N2Cc1ccccc1. The molecule has 182 valence electrons. The minimum Gasteiger partial charge on any atom is -0.336 e. The van der Waals surface area contributed by atoms with E-state index in [1.807, 2.05) is 50.2 Å². The van der Waals surface area contributed by atoms with Crippen LogP contribution in [-0.2, 0) is 26.5 Å². The topological polar surface area (TPSA) is 90.0 Å². The van der Waals surface area contributed by atoms with Gasteiger partial charge in [-0.2, -0.15) is 0 Å². The number of hydrogen-bond donors (Lipinski definition) is 1. The van der Waals surface area contributed by atoms with Crippen molar-refractivity contribution in [3.8, 4) is 0 Å². The Labute approximate surface area is 204 Å². The van der Waals surface area contributed by atoms with E-state index < -0.39 is 23.4 Å². The zero-order valence-corrected chi connectivity index (χ0v) is 20.2. The number of fused-ring (bicyclic) bond motifs is 3. The predicted molar refractivity (Wildman–Crippen MR) is 129 cm³/mol. The van der Waals surface area contributed by atoms with Gasteiger partial charge < -0.3 is 15.1 Å². The summed E-state index contributed by atoms with van der Waals surface area (Å²) in [6, 6.07) is 17.0. The fraction of sp³-hybridized carbons (Fsp3) is 0.407. The van der Waals surface area contributed by atoms with Crippen molar-refractivity contribution < 1.29 is 19.2 Å². The molecule has 0 spiro atoms. The van der Waals surface area contributed by atoms with Crippen LogP contribution in [0.15, 0.2) is 60.7 Å². The maximum Gasteiger partial charge on any atom is 0.326 e. The monoisotopic (exact) mass is 474 g/mol. The van der Waals surface area contributed by atoms with Crippen LogP contribution in [0, 0.1) is 11.8 Å². The number of likely N-dealkylation sites (N-methyl/N-ethyl adjacent to an activating group) is 1. The molecule has 2 bridgehead atoms. The second kappa shape index (κ2) is 8.52. The lowest BCUT2D eigenvalue weighted by atomic mass is 9.66. The van der Waals surface area contributed by atoms with Crippen LogP contribution < -0.4 is 5.32 Å². The molecule has 1 N–H and O–H groups in total. The molecule has 8 heteroatoms. The largest absolute Gasteiger partial charge is 0.336 e. The summed E-state index contributed by atoms with van der Waals surface area (Å²) in [5.74, 6) is -1.83. The van der Waals surface area contributed by atoms with Crippen molar-refractivity contribution in [1.82, 2.24) is 20.0 Å². The third-order valence-corrected chi connectivity index (χ3v) is 7.63. The molecule has 4 fully saturated rings. The molecule has 0 aromatic heterocycles. The number of urea groups is 1. The van der Waals surface area contributed by atoms with Gasteiger partial charge in [-0.25, -0.2) is 4.79 Å². The first-order valence-electron chi connectivity index (χ1n) is 12.1. The van der Waals surface area contributed by atoms with Crippen molar-refractivity contribution >= 4 is 23.8 Å². The molecular formula is C27H30N4O4. The van der Waals surface area contributed by atoms with E-state index in [4.69, 9.17) is 0 Å². The number of nitrogens with zero attached hydrogens (tertiary/aromatic N) is 3. The van der Waals surface area contributed by atoms with Gasteiger partial charge in [0, 0.05) is 20.1 Å². The molecule has 2 aromatic carbocycles. The van der Waals surface area contributed by atoms with Crippen LogP contribution in [0.4, 0.5) is 4.79 Å². The summed E-state index contributed by atoms with van der Waals surface area (Å²) in [5.41, 5.74) is -0.111. The lowest BCUT2D eigenvalue weighted by molar-refractivity contribution is -0.173. The Hall–Kier alpha value is -3.68. The van der Waals surface area contributed by atoms with Gasteiger partial charge in [-0.05, 0) is 23.5 Å². The van der Waals surface area contributed by atoms with Crippen LogP contribution >= 0.6 is 0 Å². The molecule has 4 atom stereocenters. The highest BCUT2D eigenvalue weighted by molar-refractivity contribution is 6.08. The van der Waals surface area contributed by atoms with Gasteiger partial charge in [0.2, 0.25) is 11.8 Å². The summed E-state index contributed by atoms with van der Waals surface area (Å²) in [7, 11) is 1.68. The molecule has 0 unspecified atom stereocenters. The van der Waals surface area contributed by atoms with E-state index in [0.717, 1.165) is 5.56 Å². The summed E-state index contributed by atoms with van der Waals surface area (Å²) in [4.78, 5) is 59.1. The maximum atomic E-state index is 14.2. The van der Waals surface area contributed by atoms with E-state index in [9.17, 15) is 19.2 Å². The Kier molecular flexibility index (Phi) is 5.62. The van der Waals surface area contributed by atoms with Crippen molar-refractivity contribution in [3.05, 3.63) is 71.8 Å². The fourth-order valence-corrected chi connectivity index (χ4v) is 5.76. The summed E-state index contributed by atoms with van der Waals surface area (Å²) >= 11 is 0. The van der Waals surface area contributed by atoms with E-state index in [1.165, 1.54) is 4.90 Å². The quantitative estimate of drug-likeness (QED) is 0.720. The van der Waals surface area contributed by atoms with Crippen LogP contribution in [0.5, 0.6) is 0 Å². The average molecular weight is 475 g/mol. The van der Waals surface area contributed by atoms with Gasteiger partial charge in [-0.1, -0.05) is 74.5 Å². The Bertz CT molecular complexity index is 1170. The number of amides is 5. The Morgan fingerprint density at radius 3 is 2.29 bits per heavy atom. The third kappa shape index (κ3) is 3.50. The number of hydrogen-bond acceptors (Lipinski definition) is 4. The molecule has 4 heterocycles. The van der Waals surface area contributed by atoms with Crippen molar-refractivity contribution in [2.24, 2.45) is 11.8 Å². The van der Waals surface area contributed by atoms with E-state index in [1.54, 1.807) is 41.1 Å². The molecule has 2 aromatic rings. The Morgan fingerprint density at radius 2 is 1.66 bits per heavy atom. The minimum absolute atomic E-state index is 0.0566. The zero-order valence-electron chi connectivity index (χ0n) is 20.2. The minimum atomic E-state index is -1.57. The molecule has 35 heavy (non-hydrogen) atoms. The van der Waals surface area contributed by atoms with Crippen LogP contribution in [0.1, 0.15) is 31.4 Å². The van der Waals surface area contributed by atoms with Gasteiger partial charge in [0.05, 0.1) is 12.0 Å². The normalized spacial score (nSPS) is 28.2. The van der Waals surface area contributed by atoms with E-state index in [0.29, 0.717) is 12.1 Å². The number of piperidine rings is 2. The number of nitrogens with one attached hydrogen (secondary N) is 1. The van der Waals surface area contributed by atoms with E-state index >= 15 is 0 Å². The van der Waals surface area contributed by atoms with Crippen molar-refractivity contribution in [3.63, 3.8) is 0 Å². The highest BCUT2D eigenvalue weighted by Crippen LogP contribution is 2.46. The molecule has 0 aliphatic carbocycles. The van der Waals surface area contributed by atoms with E-state index in [-0.39, 0.29) is 42.8 Å². The third-order valence-electron chi connectivity index (χ3n) is 7.63. The zero-order chi connectivity index (χ0) is 24.9. The smallest absolute Gasteiger partial charge is 0.326 e. The van der Waals surface area contributed by atoms with Crippen molar-refractivity contribution in [1.29, 1.82) is 0 Å². The molecule has 0 radical (unpaired) electrons. The molecule has 4 aliphatic heterocycles. The second-order valence-corrected chi connectivity index (χ2v) is 10.1. The van der Waals surface area contributed by atoms with E-state index in [2.05, 4.69) is 5.32 Å². The molecule has 6 rings (SSSR count). The number of piperazine rings is 1. The number of carbonyl (C=O) groups excluding carboxylic acids is 4. The highest BCUT2D eigenvalue weighted by atomic mass is 16.2. The van der Waals surface area contributed by atoms with Crippen LogP contribution in [0.25, 0.3) is 0 Å². The number of rotatable bonds is 5. The summed E-state index contributed by atoms with van der Waals surface area (Å²) < 4.78 is 0. The summed E-state index contributed by atoms with van der Waals surface area (Å²) in [6.45, 7) is 4.67. The Balaban J connectivity index is 1.59. The molecule has 0 saturated carbocycles. The van der Waals surface area contributed by atoms with Crippen molar-refractivity contribution in [2.75, 3.05) is 13.6 Å². The van der Waals surface area contributed by atoms with Crippen LogP contribution in [0.2, 0.25) is 0 Å². The van der Waals surface area contributed by atoms with Crippen molar-refractivity contribution in [2.45, 2.75) is 44.4 Å². The van der Waals surface area contributed by atoms with Gasteiger partial charge >= 0.3 is 6.03 Å². The average Bonchev–Trinajstić information content (AvgIpc) is 3.16. The standard InChI is InChI=1S/C27H30N4O4/c1-17(2)22-16-29(3)26(35)31(22)24(33)20-14-21-23(32)28-27(20,19-12-8-5-9-13-19)25(34)30(21)15-18-10-6-4-7-11-18/h4-13,17,20-22H,14-16H2,1-3H3,(H,28,32)/t20-,21-,22-,27-/m1/s1. The highest BCUT2D eigenvalue weighted by Gasteiger charge is 2.65. The predicted octanol–water partition coefficient (Wildman–Crippen LogP) is 2.35. The second-order valence-electron chi connectivity index (χ2n) is 10.1.